The van der Waals surface area contributed by atoms with Crippen LogP contribution < -0.4 is 49.1 Å². The summed E-state index contributed by atoms with van der Waals surface area (Å²) in [6.45, 7) is 4.45. The van der Waals surface area contributed by atoms with E-state index in [-0.39, 0.29) is 31.6 Å². The number of carboxylic acid groups (broad SMARTS) is 1. The third-order valence-electron chi connectivity index (χ3n) is 7.07. The molecule has 7 amide bonds. The van der Waals surface area contributed by atoms with Crippen molar-refractivity contribution in [3.8, 4) is 0 Å². The predicted octanol–water partition coefficient (Wildman–Crippen LogP) is -5.23. The summed E-state index contributed by atoms with van der Waals surface area (Å²) in [7, 11) is 0. The first-order valence-electron chi connectivity index (χ1n) is 15.9. The Balaban J connectivity index is 5.60. The SMILES string of the molecule is CC(C)C[C@H](NC(=O)[C@H](CO)NC(=O)[C@H](CO)NC(=O)[C@H](C)NC(=O)[C@@H](N)CCC(N)=O)C(=O)N[C@@H](CCCCN)C(=O)N[C@@H](C)C(=O)O. The molecule has 0 aromatic rings. The van der Waals surface area contributed by atoms with Gasteiger partial charge >= 0.3 is 5.97 Å². The van der Waals surface area contributed by atoms with Gasteiger partial charge in [0, 0.05) is 6.42 Å². The lowest BCUT2D eigenvalue weighted by Crippen LogP contribution is -2.60. The maximum Gasteiger partial charge on any atom is 0.325 e. The summed E-state index contributed by atoms with van der Waals surface area (Å²) in [5.41, 5.74) is 16.2. The standard InChI is InChI=1S/C29H53N9O11/c1-14(2)11-19(26(45)35-18(7-5-6-10-30)25(44)34-16(4)29(48)49)36-27(46)21(13-40)38-28(47)20(12-39)37-23(42)15(3)33-24(43)17(31)8-9-22(32)41/h14-21,39-40H,5-13,30-31H2,1-4H3,(H2,32,41)(H,33,43)(H,34,44)(H,35,45)(H,36,46)(H,37,42)(H,38,47)(H,48,49)/t15-,16-,17-,18-,19-,20-,21-/m0/s1. The Morgan fingerprint density at radius 3 is 1.51 bits per heavy atom. The molecule has 0 aliphatic carbocycles. The highest BCUT2D eigenvalue weighted by Crippen LogP contribution is 2.08. The van der Waals surface area contributed by atoms with Crippen molar-refractivity contribution in [1.29, 1.82) is 0 Å². The number of carbonyl (C=O) groups is 8. The van der Waals surface area contributed by atoms with Gasteiger partial charge in [0.1, 0.15) is 36.3 Å². The molecule has 0 saturated heterocycles. The van der Waals surface area contributed by atoms with Gasteiger partial charge in [-0.25, -0.2) is 0 Å². The van der Waals surface area contributed by atoms with Crippen molar-refractivity contribution >= 4 is 47.3 Å². The Morgan fingerprint density at radius 1 is 0.592 bits per heavy atom. The van der Waals surface area contributed by atoms with Crippen molar-refractivity contribution in [3.05, 3.63) is 0 Å². The van der Waals surface area contributed by atoms with Gasteiger partial charge in [0.05, 0.1) is 19.3 Å². The van der Waals surface area contributed by atoms with E-state index in [9.17, 15) is 48.6 Å². The van der Waals surface area contributed by atoms with Gasteiger partial charge in [-0.2, -0.15) is 0 Å². The summed E-state index contributed by atoms with van der Waals surface area (Å²) in [5, 5.41) is 42.7. The average molecular weight is 704 g/mol. The number of aliphatic hydroxyl groups excluding tert-OH is 2. The molecule has 0 bridgehead atoms. The maximum atomic E-state index is 13.3. The molecule has 0 spiro atoms. The van der Waals surface area contributed by atoms with E-state index in [1.54, 1.807) is 13.8 Å². The molecule has 0 fully saturated rings. The minimum Gasteiger partial charge on any atom is -0.480 e. The molecular weight excluding hydrogens is 650 g/mol. The molecule has 0 aromatic heterocycles. The van der Waals surface area contributed by atoms with Crippen LogP contribution in [-0.4, -0.2) is 125 Å². The van der Waals surface area contributed by atoms with Crippen LogP contribution in [0, 0.1) is 5.92 Å². The van der Waals surface area contributed by atoms with Crippen molar-refractivity contribution in [3.63, 3.8) is 0 Å². The van der Waals surface area contributed by atoms with Crippen LogP contribution in [0.2, 0.25) is 0 Å². The molecular formula is C29H53N9O11. The number of hydrogen-bond acceptors (Lipinski definition) is 12. The van der Waals surface area contributed by atoms with Crippen molar-refractivity contribution in [2.45, 2.75) is 109 Å². The first kappa shape index (κ1) is 44.6. The number of amides is 7. The smallest absolute Gasteiger partial charge is 0.325 e. The van der Waals surface area contributed by atoms with Crippen LogP contribution in [0.25, 0.3) is 0 Å². The van der Waals surface area contributed by atoms with Crippen LogP contribution in [0.15, 0.2) is 0 Å². The summed E-state index contributed by atoms with van der Waals surface area (Å²) in [6.07, 6.45) is 0.903. The quantitative estimate of drug-likeness (QED) is 0.0419. The molecule has 0 aliphatic rings. The highest BCUT2D eigenvalue weighted by atomic mass is 16.4. The number of unbranched alkanes of at least 4 members (excludes halogenated alkanes) is 1. The van der Waals surface area contributed by atoms with Gasteiger partial charge in [0.2, 0.25) is 41.4 Å². The number of aliphatic carboxylic acids is 1. The second kappa shape index (κ2) is 23.0. The largest absolute Gasteiger partial charge is 0.480 e. The molecule has 0 saturated carbocycles. The van der Waals surface area contributed by atoms with Crippen molar-refractivity contribution in [2.24, 2.45) is 23.1 Å². The third kappa shape index (κ3) is 17.5. The van der Waals surface area contributed by atoms with E-state index in [2.05, 4.69) is 31.9 Å². The molecule has 0 unspecified atom stereocenters. The Kier molecular flexibility index (Phi) is 21.0. The van der Waals surface area contributed by atoms with Gasteiger partial charge in [-0.15, -0.1) is 0 Å². The zero-order valence-corrected chi connectivity index (χ0v) is 28.3. The first-order chi connectivity index (χ1) is 22.9. The normalized spacial score (nSPS) is 15.3. The highest BCUT2D eigenvalue weighted by molar-refractivity contribution is 5.97. The van der Waals surface area contributed by atoms with Gasteiger partial charge in [0.15, 0.2) is 0 Å². The minimum absolute atomic E-state index is 0.0669. The summed E-state index contributed by atoms with van der Waals surface area (Å²) >= 11 is 0. The molecule has 0 radical (unpaired) electrons. The predicted molar refractivity (Wildman–Crippen MR) is 174 cm³/mol. The Morgan fingerprint density at radius 2 is 1.04 bits per heavy atom. The number of primary amides is 1. The van der Waals surface area contributed by atoms with Crippen molar-refractivity contribution in [1.82, 2.24) is 31.9 Å². The molecule has 0 aliphatic heterocycles. The summed E-state index contributed by atoms with van der Waals surface area (Å²) in [6, 6.07) is -9.33. The number of nitrogens with one attached hydrogen (secondary N) is 6. The lowest BCUT2D eigenvalue weighted by atomic mass is 10.0. The zero-order valence-electron chi connectivity index (χ0n) is 28.3. The van der Waals surface area contributed by atoms with E-state index in [4.69, 9.17) is 22.3 Å². The van der Waals surface area contributed by atoms with Crippen LogP contribution in [0.5, 0.6) is 0 Å². The van der Waals surface area contributed by atoms with Crippen LogP contribution in [0.4, 0.5) is 0 Å². The van der Waals surface area contributed by atoms with Crippen LogP contribution in [-0.2, 0) is 38.4 Å². The number of rotatable bonds is 24. The number of aliphatic hydroxyl groups is 2. The molecule has 0 aromatic carbocycles. The summed E-state index contributed by atoms with van der Waals surface area (Å²) < 4.78 is 0. The van der Waals surface area contributed by atoms with Crippen LogP contribution in [0.1, 0.15) is 66.2 Å². The number of carbonyl (C=O) groups excluding carboxylic acids is 7. The van der Waals surface area contributed by atoms with Crippen molar-refractivity contribution in [2.75, 3.05) is 19.8 Å². The molecule has 20 heteroatoms. The molecule has 20 nitrogen and oxygen atoms in total. The van der Waals surface area contributed by atoms with Gasteiger partial charge in [0.25, 0.3) is 0 Å². The van der Waals surface area contributed by atoms with Gasteiger partial charge in [-0.3, -0.25) is 38.4 Å². The van der Waals surface area contributed by atoms with Crippen LogP contribution in [0.3, 0.4) is 0 Å². The lowest BCUT2D eigenvalue weighted by Gasteiger charge is -2.27. The minimum atomic E-state index is -1.65. The lowest BCUT2D eigenvalue weighted by molar-refractivity contribution is -0.142. The monoisotopic (exact) mass is 703 g/mol. The van der Waals surface area contributed by atoms with Gasteiger partial charge in [-0.1, -0.05) is 13.8 Å². The molecule has 49 heavy (non-hydrogen) atoms. The van der Waals surface area contributed by atoms with E-state index in [0.717, 1.165) is 0 Å². The second-order valence-electron chi connectivity index (χ2n) is 11.9. The zero-order chi connectivity index (χ0) is 37.8. The highest BCUT2D eigenvalue weighted by Gasteiger charge is 2.32. The fourth-order valence-corrected chi connectivity index (χ4v) is 4.16. The van der Waals surface area contributed by atoms with E-state index >= 15 is 0 Å². The van der Waals surface area contributed by atoms with E-state index in [1.807, 2.05) is 0 Å². The number of carboxylic acids is 1. The maximum absolute atomic E-state index is 13.3. The van der Waals surface area contributed by atoms with E-state index < -0.39 is 103 Å². The second-order valence-corrected chi connectivity index (χ2v) is 11.9. The van der Waals surface area contributed by atoms with E-state index in [0.29, 0.717) is 19.4 Å². The Bertz CT molecular complexity index is 1150. The van der Waals surface area contributed by atoms with E-state index in [1.165, 1.54) is 13.8 Å². The number of nitrogens with two attached hydrogens (primary N) is 3. The van der Waals surface area contributed by atoms with Gasteiger partial charge in [-0.05, 0) is 58.4 Å². The summed E-state index contributed by atoms with van der Waals surface area (Å²) in [5.74, 6) is -7.44. The molecule has 0 heterocycles. The summed E-state index contributed by atoms with van der Waals surface area (Å²) in [4.78, 5) is 99.0. The van der Waals surface area contributed by atoms with Gasteiger partial charge < -0.3 is 64.4 Å². The first-order valence-corrected chi connectivity index (χ1v) is 15.9. The van der Waals surface area contributed by atoms with Crippen molar-refractivity contribution < 1.29 is 53.7 Å². The third-order valence-corrected chi connectivity index (χ3v) is 7.07. The fraction of sp³-hybridized carbons (Fsp3) is 0.724. The Labute approximate surface area is 284 Å². The molecule has 7 atom stereocenters. The molecule has 0 rings (SSSR count). The molecule has 15 N–H and O–H groups in total. The fourth-order valence-electron chi connectivity index (χ4n) is 4.16. The molecule has 280 valence electrons. The average Bonchev–Trinajstić information content (AvgIpc) is 3.03. The van der Waals surface area contributed by atoms with Crippen LogP contribution >= 0.6 is 0 Å². The Hall–Kier alpha value is -4.40. The topological polar surface area (TPSA) is 347 Å². The number of hydrogen-bond donors (Lipinski definition) is 12.